The van der Waals surface area contributed by atoms with Gasteiger partial charge in [0.15, 0.2) is 0 Å². The highest BCUT2D eigenvalue weighted by Crippen LogP contribution is 2.29. The van der Waals surface area contributed by atoms with Gasteiger partial charge in [0.05, 0.1) is 5.41 Å². The normalized spacial score (nSPS) is 21.8. The summed E-state index contributed by atoms with van der Waals surface area (Å²) in [7, 11) is 0. The van der Waals surface area contributed by atoms with Crippen LogP contribution in [0.3, 0.4) is 0 Å². The van der Waals surface area contributed by atoms with Gasteiger partial charge < -0.3 is 10.6 Å². The molecule has 3 rings (SSSR count). The van der Waals surface area contributed by atoms with Crippen molar-refractivity contribution < 1.29 is 4.79 Å². The molecule has 0 bridgehead atoms. The second-order valence-corrected chi connectivity index (χ2v) is 5.65. The van der Waals surface area contributed by atoms with E-state index in [0.29, 0.717) is 6.04 Å². The van der Waals surface area contributed by atoms with E-state index < -0.39 is 0 Å². The van der Waals surface area contributed by atoms with Crippen molar-refractivity contribution in [3.8, 4) is 0 Å². The third-order valence-corrected chi connectivity index (χ3v) is 4.23. The fourth-order valence-electron chi connectivity index (χ4n) is 2.67. The molecule has 1 amide bonds. The summed E-state index contributed by atoms with van der Waals surface area (Å²) >= 11 is 0. The molecule has 2 N–H and O–H groups in total. The Kier molecular flexibility index (Phi) is 3.08. The molecule has 2 aliphatic rings. The van der Waals surface area contributed by atoms with Crippen LogP contribution in [0.15, 0.2) is 30.3 Å². The van der Waals surface area contributed by atoms with Gasteiger partial charge in [0, 0.05) is 19.1 Å². The number of nitrogens with one attached hydrogen (secondary N) is 2. The lowest BCUT2D eigenvalue weighted by Crippen LogP contribution is -2.64. The van der Waals surface area contributed by atoms with Gasteiger partial charge in [-0.25, -0.2) is 0 Å². The third-order valence-electron chi connectivity index (χ3n) is 4.23. The van der Waals surface area contributed by atoms with E-state index in [9.17, 15) is 4.79 Å². The summed E-state index contributed by atoms with van der Waals surface area (Å²) in [4.78, 5) is 12.4. The Bertz CT molecular complexity index is 421. The second kappa shape index (κ2) is 4.73. The standard InChI is InChI=1S/C15H20N2O/c18-14(17-13-7-4-8-13)15(10-16-11-15)9-12-5-2-1-3-6-12/h1-3,5-6,13,16H,4,7-11H2,(H,17,18). The van der Waals surface area contributed by atoms with E-state index in [1.165, 1.54) is 12.0 Å². The third kappa shape index (κ3) is 2.15. The Hall–Kier alpha value is -1.35. The van der Waals surface area contributed by atoms with Crippen molar-refractivity contribution in [3.05, 3.63) is 35.9 Å². The van der Waals surface area contributed by atoms with Gasteiger partial charge in [0.2, 0.25) is 5.91 Å². The quantitative estimate of drug-likeness (QED) is 0.842. The molecule has 96 valence electrons. The molecule has 2 fully saturated rings. The van der Waals surface area contributed by atoms with Crippen molar-refractivity contribution in [1.29, 1.82) is 0 Å². The molecule has 0 spiro atoms. The molecule has 0 aromatic heterocycles. The second-order valence-electron chi connectivity index (χ2n) is 5.65. The number of hydrogen-bond acceptors (Lipinski definition) is 2. The van der Waals surface area contributed by atoms with Crippen LogP contribution >= 0.6 is 0 Å². The Morgan fingerprint density at radius 1 is 1.28 bits per heavy atom. The van der Waals surface area contributed by atoms with Crippen LogP contribution in [0.1, 0.15) is 24.8 Å². The largest absolute Gasteiger partial charge is 0.353 e. The Balaban J connectivity index is 1.67. The maximum Gasteiger partial charge on any atom is 0.229 e. The molecule has 1 aromatic carbocycles. The number of hydrogen-bond donors (Lipinski definition) is 2. The first-order valence-corrected chi connectivity index (χ1v) is 6.84. The Morgan fingerprint density at radius 3 is 2.50 bits per heavy atom. The highest BCUT2D eigenvalue weighted by molar-refractivity contribution is 5.85. The number of rotatable bonds is 4. The van der Waals surface area contributed by atoms with E-state index in [4.69, 9.17) is 0 Å². The van der Waals surface area contributed by atoms with Crippen LogP contribution in [0, 0.1) is 5.41 Å². The van der Waals surface area contributed by atoms with Crippen molar-refractivity contribution in [1.82, 2.24) is 10.6 Å². The molecule has 3 nitrogen and oxygen atoms in total. The van der Waals surface area contributed by atoms with E-state index >= 15 is 0 Å². The summed E-state index contributed by atoms with van der Waals surface area (Å²) in [5, 5.41) is 6.45. The van der Waals surface area contributed by atoms with Crippen molar-refractivity contribution in [2.75, 3.05) is 13.1 Å². The molecule has 1 aliphatic carbocycles. The monoisotopic (exact) mass is 244 g/mol. The summed E-state index contributed by atoms with van der Waals surface area (Å²) in [5.41, 5.74) is 1.04. The Labute approximate surface area is 108 Å². The number of benzene rings is 1. The smallest absolute Gasteiger partial charge is 0.229 e. The van der Waals surface area contributed by atoms with Crippen molar-refractivity contribution in [2.45, 2.75) is 31.7 Å². The summed E-state index contributed by atoms with van der Waals surface area (Å²) < 4.78 is 0. The van der Waals surface area contributed by atoms with Gasteiger partial charge in [-0.15, -0.1) is 0 Å². The lowest BCUT2D eigenvalue weighted by atomic mass is 9.75. The lowest BCUT2D eigenvalue weighted by Gasteiger charge is -2.43. The zero-order valence-electron chi connectivity index (χ0n) is 10.6. The maximum atomic E-state index is 12.4. The topological polar surface area (TPSA) is 41.1 Å². The molecular weight excluding hydrogens is 224 g/mol. The molecule has 0 atom stereocenters. The molecule has 1 saturated carbocycles. The van der Waals surface area contributed by atoms with Crippen LogP contribution in [-0.2, 0) is 11.2 Å². The van der Waals surface area contributed by atoms with E-state index in [2.05, 4.69) is 22.8 Å². The fraction of sp³-hybridized carbons (Fsp3) is 0.533. The molecule has 3 heteroatoms. The van der Waals surface area contributed by atoms with E-state index in [-0.39, 0.29) is 11.3 Å². The first-order chi connectivity index (χ1) is 8.78. The Morgan fingerprint density at radius 2 is 2.00 bits per heavy atom. The van der Waals surface area contributed by atoms with Crippen LogP contribution in [0.25, 0.3) is 0 Å². The van der Waals surface area contributed by atoms with Gasteiger partial charge in [-0.2, -0.15) is 0 Å². The molecule has 1 saturated heterocycles. The summed E-state index contributed by atoms with van der Waals surface area (Å²) in [6, 6.07) is 10.8. The highest BCUT2D eigenvalue weighted by atomic mass is 16.2. The maximum absolute atomic E-state index is 12.4. The van der Waals surface area contributed by atoms with Gasteiger partial charge in [0.25, 0.3) is 0 Å². The van der Waals surface area contributed by atoms with Crippen molar-refractivity contribution >= 4 is 5.91 Å². The van der Waals surface area contributed by atoms with Gasteiger partial charge >= 0.3 is 0 Å². The minimum absolute atomic E-state index is 0.211. The lowest BCUT2D eigenvalue weighted by molar-refractivity contribution is -0.135. The van der Waals surface area contributed by atoms with Crippen LogP contribution in [0.5, 0.6) is 0 Å². The van der Waals surface area contributed by atoms with Crippen molar-refractivity contribution in [3.63, 3.8) is 0 Å². The first-order valence-electron chi connectivity index (χ1n) is 6.84. The zero-order chi connectivity index (χ0) is 12.4. The summed E-state index contributed by atoms with van der Waals surface area (Å²) in [6.07, 6.45) is 4.41. The predicted molar refractivity (Wildman–Crippen MR) is 71.2 cm³/mol. The zero-order valence-corrected chi connectivity index (χ0v) is 10.6. The van der Waals surface area contributed by atoms with Crippen LogP contribution in [0.2, 0.25) is 0 Å². The van der Waals surface area contributed by atoms with Crippen LogP contribution < -0.4 is 10.6 Å². The van der Waals surface area contributed by atoms with Gasteiger partial charge in [-0.3, -0.25) is 4.79 Å². The van der Waals surface area contributed by atoms with Crippen LogP contribution in [-0.4, -0.2) is 25.0 Å². The molecule has 1 aliphatic heterocycles. The predicted octanol–water partition coefficient (Wildman–Crippen LogP) is 1.49. The summed E-state index contributed by atoms with van der Waals surface area (Å²) in [6.45, 7) is 1.61. The van der Waals surface area contributed by atoms with E-state index in [1.54, 1.807) is 0 Å². The number of amides is 1. The van der Waals surface area contributed by atoms with Crippen molar-refractivity contribution in [2.24, 2.45) is 5.41 Å². The number of carbonyl (C=O) groups is 1. The SMILES string of the molecule is O=C(NC1CCC1)C1(Cc2ccccc2)CNC1. The fourth-order valence-corrected chi connectivity index (χ4v) is 2.67. The molecule has 1 aromatic rings. The highest BCUT2D eigenvalue weighted by Gasteiger charge is 2.44. The van der Waals surface area contributed by atoms with Gasteiger partial charge in [0.1, 0.15) is 0 Å². The van der Waals surface area contributed by atoms with Gasteiger partial charge in [-0.05, 0) is 31.2 Å². The number of carbonyl (C=O) groups excluding carboxylic acids is 1. The minimum atomic E-state index is -0.211. The first kappa shape index (κ1) is 11.7. The molecular formula is C15H20N2O. The van der Waals surface area contributed by atoms with Gasteiger partial charge in [-0.1, -0.05) is 30.3 Å². The van der Waals surface area contributed by atoms with E-state index in [1.807, 2.05) is 18.2 Å². The van der Waals surface area contributed by atoms with E-state index in [0.717, 1.165) is 32.4 Å². The van der Waals surface area contributed by atoms with Crippen LogP contribution in [0.4, 0.5) is 0 Å². The summed E-state index contributed by atoms with van der Waals surface area (Å²) in [5.74, 6) is 0.245. The average Bonchev–Trinajstić information content (AvgIpc) is 2.29. The molecule has 1 heterocycles. The average molecular weight is 244 g/mol. The molecule has 0 unspecified atom stereocenters. The molecule has 18 heavy (non-hydrogen) atoms. The molecule has 0 radical (unpaired) electrons. The minimum Gasteiger partial charge on any atom is -0.353 e.